The summed E-state index contributed by atoms with van der Waals surface area (Å²) >= 11 is 0. The predicted molar refractivity (Wildman–Crippen MR) is 115 cm³/mol. The molecule has 1 N–H and O–H groups in total. The summed E-state index contributed by atoms with van der Waals surface area (Å²) in [7, 11) is -4.07. The molecule has 0 fully saturated rings. The third-order valence-corrected chi connectivity index (χ3v) is 6.48. The number of carbonyl (C=O) groups excluding carboxylic acids is 1. The van der Waals surface area contributed by atoms with E-state index in [0.717, 1.165) is 27.6 Å². The average Bonchev–Trinajstić information content (AvgIpc) is 2.73. The second-order valence-electron chi connectivity index (χ2n) is 7.00. The Morgan fingerprint density at radius 2 is 1.57 bits per heavy atom. The lowest BCUT2D eigenvalue weighted by Crippen LogP contribution is -2.41. The number of aryl methyl sites for hydroxylation is 1. The van der Waals surface area contributed by atoms with Gasteiger partial charge in [-0.2, -0.15) is 0 Å². The van der Waals surface area contributed by atoms with Crippen molar-refractivity contribution >= 4 is 21.6 Å². The summed E-state index contributed by atoms with van der Waals surface area (Å²) in [6, 6.07) is 20.5. The van der Waals surface area contributed by atoms with Crippen LogP contribution in [-0.2, 0) is 14.8 Å². The fourth-order valence-electron chi connectivity index (χ4n) is 3.00. The van der Waals surface area contributed by atoms with Crippen molar-refractivity contribution in [2.24, 2.45) is 0 Å². The van der Waals surface area contributed by atoms with E-state index in [1.54, 1.807) is 24.3 Å². The normalized spacial score (nSPS) is 12.2. The average molecular weight is 427 g/mol. The summed E-state index contributed by atoms with van der Waals surface area (Å²) in [6.45, 7) is 3.31. The number of hydrogen-bond donors (Lipinski definition) is 1. The lowest BCUT2D eigenvalue weighted by atomic mass is 10.1. The molecule has 0 heterocycles. The molecular weight excluding hydrogens is 403 g/mol. The number of hydrogen-bond acceptors (Lipinski definition) is 3. The summed E-state index contributed by atoms with van der Waals surface area (Å²) in [5.41, 5.74) is 2.22. The van der Waals surface area contributed by atoms with E-state index in [9.17, 15) is 17.6 Å². The fraction of sp³-hybridized carbons (Fsp3) is 0.174. The fourth-order valence-corrected chi connectivity index (χ4v) is 4.42. The number of nitrogens with zero attached hydrogens (tertiary/aromatic N) is 1. The Bertz CT molecular complexity index is 1100. The summed E-state index contributed by atoms with van der Waals surface area (Å²) in [5, 5.41) is 2.84. The van der Waals surface area contributed by atoms with E-state index in [1.807, 2.05) is 44.2 Å². The number of benzene rings is 3. The van der Waals surface area contributed by atoms with Crippen LogP contribution >= 0.6 is 0 Å². The molecule has 0 aromatic heterocycles. The van der Waals surface area contributed by atoms with Crippen molar-refractivity contribution in [2.45, 2.75) is 24.8 Å². The highest BCUT2D eigenvalue weighted by Gasteiger charge is 2.27. The number of halogens is 1. The Morgan fingerprint density at radius 1 is 0.967 bits per heavy atom. The molecular formula is C23H23FN2O3S. The van der Waals surface area contributed by atoms with Crippen LogP contribution in [0.25, 0.3) is 0 Å². The first-order valence-electron chi connectivity index (χ1n) is 9.46. The van der Waals surface area contributed by atoms with Gasteiger partial charge in [-0.1, -0.05) is 48.0 Å². The van der Waals surface area contributed by atoms with Crippen LogP contribution in [0.2, 0.25) is 0 Å². The van der Waals surface area contributed by atoms with Gasteiger partial charge in [-0.25, -0.2) is 12.8 Å². The van der Waals surface area contributed by atoms with Gasteiger partial charge in [0, 0.05) is 0 Å². The van der Waals surface area contributed by atoms with Crippen molar-refractivity contribution in [3.63, 3.8) is 0 Å². The van der Waals surface area contributed by atoms with Crippen molar-refractivity contribution in [3.05, 3.63) is 95.8 Å². The topological polar surface area (TPSA) is 66.5 Å². The molecule has 0 aliphatic heterocycles. The smallest absolute Gasteiger partial charge is 0.264 e. The van der Waals surface area contributed by atoms with Gasteiger partial charge in [-0.05, 0) is 55.8 Å². The summed E-state index contributed by atoms with van der Waals surface area (Å²) < 4.78 is 40.8. The van der Waals surface area contributed by atoms with E-state index in [1.165, 1.54) is 12.1 Å². The summed E-state index contributed by atoms with van der Waals surface area (Å²) in [6.07, 6.45) is 0. The Labute approximate surface area is 176 Å². The number of amides is 1. The molecule has 0 aliphatic carbocycles. The van der Waals surface area contributed by atoms with Crippen LogP contribution in [0.3, 0.4) is 0 Å². The minimum atomic E-state index is -4.07. The minimum absolute atomic E-state index is 0.0895. The van der Waals surface area contributed by atoms with Gasteiger partial charge in [-0.3, -0.25) is 9.10 Å². The Morgan fingerprint density at radius 3 is 2.17 bits per heavy atom. The van der Waals surface area contributed by atoms with Crippen molar-refractivity contribution in [3.8, 4) is 0 Å². The van der Waals surface area contributed by atoms with Crippen molar-refractivity contribution in [1.29, 1.82) is 0 Å². The lowest BCUT2D eigenvalue weighted by molar-refractivity contribution is -0.120. The minimum Gasteiger partial charge on any atom is -0.348 e. The number of carbonyl (C=O) groups is 1. The van der Waals surface area contributed by atoms with Crippen LogP contribution in [-0.4, -0.2) is 20.9 Å². The molecule has 30 heavy (non-hydrogen) atoms. The maximum absolute atomic E-state index is 13.3. The molecule has 3 aromatic carbocycles. The van der Waals surface area contributed by atoms with Crippen LogP contribution in [0.15, 0.2) is 83.8 Å². The lowest BCUT2D eigenvalue weighted by Gasteiger charge is -2.25. The molecule has 0 unspecified atom stereocenters. The standard InChI is InChI=1S/C23H23FN2O3S/c1-17-8-12-21(13-9-17)26(30(28,29)22-14-10-20(24)11-15-22)16-23(27)25-18(2)19-6-4-3-5-7-19/h3-15,18H,16H2,1-2H3,(H,25,27)/t18-/m0/s1. The van der Waals surface area contributed by atoms with E-state index < -0.39 is 28.3 Å². The number of rotatable bonds is 7. The second-order valence-corrected chi connectivity index (χ2v) is 8.86. The molecule has 0 aliphatic rings. The monoisotopic (exact) mass is 426 g/mol. The predicted octanol–water partition coefficient (Wildman–Crippen LogP) is 4.21. The van der Waals surface area contributed by atoms with Crippen LogP contribution in [0.4, 0.5) is 10.1 Å². The van der Waals surface area contributed by atoms with Crippen molar-refractivity contribution in [1.82, 2.24) is 5.32 Å². The molecule has 0 saturated carbocycles. The van der Waals surface area contributed by atoms with E-state index in [0.29, 0.717) is 5.69 Å². The zero-order valence-corrected chi connectivity index (χ0v) is 17.6. The van der Waals surface area contributed by atoms with Gasteiger partial charge in [0.2, 0.25) is 5.91 Å². The van der Waals surface area contributed by atoms with E-state index >= 15 is 0 Å². The van der Waals surface area contributed by atoms with Gasteiger partial charge >= 0.3 is 0 Å². The maximum Gasteiger partial charge on any atom is 0.264 e. The highest BCUT2D eigenvalue weighted by Crippen LogP contribution is 2.24. The maximum atomic E-state index is 13.3. The molecule has 7 heteroatoms. The van der Waals surface area contributed by atoms with Gasteiger partial charge in [0.15, 0.2) is 0 Å². The van der Waals surface area contributed by atoms with Gasteiger partial charge in [0.25, 0.3) is 10.0 Å². The zero-order chi connectivity index (χ0) is 21.7. The first-order chi connectivity index (χ1) is 14.3. The van der Waals surface area contributed by atoms with Crippen molar-refractivity contribution < 1.29 is 17.6 Å². The molecule has 5 nitrogen and oxygen atoms in total. The Hall–Kier alpha value is -3.19. The third kappa shape index (κ3) is 5.04. The molecule has 0 spiro atoms. The molecule has 3 aromatic rings. The first-order valence-corrected chi connectivity index (χ1v) is 10.9. The summed E-state index contributed by atoms with van der Waals surface area (Å²) in [4.78, 5) is 12.6. The van der Waals surface area contributed by atoms with Crippen LogP contribution in [0, 0.1) is 12.7 Å². The van der Waals surface area contributed by atoms with Gasteiger partial charge in [0.05, 0.1) is 16.6 Å². The largest absolute Gasteiger partial charge is 0.348 e. The Kier molecular flexibility index (Phi) is 6.52. The molecule has 1 atom stereocenters. The summed E-state index contributed by atoms with van der Waals surface area (Å²) in [5.74, 6) is -0.983. The van der Waals surface area contributed by atoms with E-state index in [2.05, 4.69) is 5.32 Å². The first kappa shape index (κ1) is 21.5. The molecule has 0 radical (unpaired) electrons. The molecule has 156 valence electrons. The van der Waals surface area contributed by atoms with Crippen LogP contribution in [0.5, 0.6) is 0 Å². The van der Waals surface area contributed by atoms with Gasteiger partial charge in [-0.15, -0.1) is 0 Å². The number of anilines is 1. The van der Waals surface area contributed by atoms with E-state index in [4.69, 9.17) is 0 Å². The van der Waals surface area contributed by atoms with Gasteiger partial charge < -0.3 is 5.32 Å². The highest BCUT2D eigenvalue weighted by molar-refractivity contribution is 7.92. The molecule has 3 rings (SSSR count). The highest BCUT2D eigenvalue weighted by atomic mass is 32.2. The second kappa shape index (κ2) is 9.09. The van der Waals surface area contributed by atoms with Crippen molar-refractivity contribution in [2.75, 3.05) is 10.8 Å². The molecule has 1 amide bonds. The SMILES string of the molecule is Cc1ccc(N(CC(=O)N[C@@H](C)c2ccccc2)S(=O)(=O)c2ccc(F)cc2)cc1. The number of sulfonamides is 1. The molecule has 0 bridgehead atoms. The quantitative estimate of drug-likeness (QED) is 0.616. The number of nitrogens with one attached hydrogen (secondary N) is 1. The third-order valence-electron chi connectivity index (χ3n) is 4.69. The van der Waals surface area contributed by atoms with Gasteiger partial charge in [0.1, 0.15) is 12.4 Å². The van der Waals surface area contributed by atoms with E-state index in [-0.39, 0.29) is 10.9 Å². The zero-order valence-electron chi connectivity index (χ0n) is 16.7. The Balaban J connectivity index is 1.89. The van der Waals surface area contributed by atoms with Crippen LogP contribution in [0.1, 0.15) is 24.1 Å². The van der Waals surface area contributed by atoms with Crippen LogP contribution < -0.4 is 9.62 Å². The molecule has 0 saturated heterocycles.